The number of imide groups is 1. The van der Waals surface area contributed by atoms with Crippen LogP contribution in [0.1, 0.15) is 16.4 Å². The number of nitro benzene ring substituents is 1. The number of methoxy groups -OCH3 is 3. The largest absolute Gasteiger partial charge is 0.497 e. The van der Waals surface area contributed by atoms with E-state index in [0.717, 1.165) is 28.0 Å². The standard InChI is InChI=1S/C31H26N4O9S2/c1-42-20-11-5-17(6-12-20)32-23(36)15-33-30-27(46-31(33)39)24(16-4-13-21(43-2)22(14-16)44-3)25-26(45-30)29(38)34(28(25)37)18-7-9-19(10-8-18)35(40)41/h4-14,24-26H,15H2,1-3H3,(H,32,36). The van der Waals surface area contributed by atoms with Crippen molar-refractivity contribution in [2.24, 2.45) is 5.92 Å². The van der Waals surface area contributed by atoms with Crippen molar-refractivity contribution in [3.8, 4) is 17.2 Å². The minimum Gasteiger partial charge on any atom is -0.497 e. The van der Waals surface area contributed by atoms with Crippen molar-refractivity contribution in [3.63, 3.8) is 0 Å². The van der Waals surface area contributed by atoms with Crippen LogP contribution >= 0.6 is 23.1 Å². The molecule has 3 unspecified atom stereocenters. The molecule has 0 saturated carbocycles. The van der Waals surface area contributed by atoms with Gasteiger partial charge in [0, 0.05) is 28.6 Å². The number of fused-ring (bicyclic) bond motifs is 2. The summed E-state index contributed by atoms with van der Waals surface area (Å²) >= 11 is 1.98. The van der Waals surface area contributed by atoms with Crippen LogP contribution in [0.5, 0.6) is 17.2 Å². The highest BCUT2D eigenvalue weighted by Gasteiger charge is 2.57. The molecule has 1 fully saturated rings. The van der Waals surface area contributed by atoms with Crippen LogP contribution in [-0.2, 0) is 20.9 Å². The minimum absolute atomic E-state index is 0.183. The molecule has 2 aliphatic heterocycles. The lowest BCUT2D eigenvalue weighted by Crippen LogP contribution is -2.33. The number of non-ortho nitro benzene ring substituents is 1. The van der Waals surface area contributed by atoms with Crippen LogP contribution in [0.15, 0.2) is 76.6 Å². The second-order valence-electron chi connectivity index (χ2n) is 10.3. The van der Waals surface area contributed by atoms with Gasteiger partial charge in [0.2, 0.25) is 17.7 Å². The van der Waals surface area contributed by atoms with Crippen LogP contribution in [0.25, 0.3) is 0 Å². The lowest BCUT2D eigenvalue weighted by Gasteiger charge is -2.31. The van der Waals surface area contributed by atoms with Gasteiger partial charge in [0.05, 0.1) is 42.9 Å². The van der Waals surface area contributed by atoms with Crippen molar-refractivity contribution in [2.75, 3.05) is 31.5 Å². The summed E-state index contributed by atoms with van der Waals surface area (Å²) in [5, 5.41) is 13.4. The molecule has 13 nitrogen and oxygen atoms in total. The number of ether oxygens (including phenoxy) is 3. The molecule has 46 heavy (non-hydrogen) atoms. The molecule has 4 aromatic rings. The van der Waals surface area contributed by atoms with Crippen LogP contribution in [0.2, 0.25) is 0 Å². The van der Waals surface area contributed by atoms with E-state index in [1.807, 2.05) is 0 Å². The van der Waals surface area contributed by atoms with Gasteiger partial charge >= 0.3 is 4.87 Å². The van der Waals surface area contributed by atoms with Gasteiger partial charge in [-0.2, -0.15) is 0 Å². The summed E-state index contributed by atoms with van der Waals surface area (Å²) in [6.45, 7) is -0.325. The van der Waals surface area contributed by atoms with Gasteiger partial charge in [-0.05, 0) is 54.1 Å². The Morgan fingerprint density at radius 1 is 0.913 bits per heavy atom. The topological polar surface area (TPSA) is 159 Å². The number of rotatable bonds is 9. The maximum absolute atomic E-state index is 14.1. The first kappa shape index (κ1) is 30.9. The molecular formula is C31H26N4O9S2. The third-order valence-corrected chi connectivity index (χ3v) is 10.4. The number of carbonyl (C=O) groups excluding carboxylic acids is 3. The number of nitrogens with zero attached hydrogens (tertiary/aromatic N) is 3. The molecule has 15 heteroatoms. The van der Waals surface area contributed by atoms with Gasteiger partial charge in [0.1, 0.15) is 17.5 Å². The predicted molar refractivity (Wildman–Crippen MR) is 170 cm³/mol. The summed E-state index contributed by atoms with van der Waals surface area (Å²) in [5.41, 5.74) is 1.13. The van der Waals surface area contributed by atoms with Crippen molar-refractivity contribution >= 4 is 57.9 Å². The number of nitrogens with one attached hydrogen (secondary N) is 1. The fourth-order valence-corrected chi connectivity index (χ4v) is 8.43. The summed E-state index contributed by atoms with van der Waals surface area (Å²) in [6, 6.07) is 17.0. The summed E-state index contributed by atoms with van der Waals surface area (Å²) in [7, 11) is 4.50. The molecule has 0 aliphatic carbocycles. The van der Waals surface area contributed by atoms with Crippen molar-refractivity contribution in [1.82, 2.24) is 4.57 Å². The molecule has 3 atom stereocenters. The van der Waals surface area contributed by atoms with Gasteiger partial charge in [-0.15, -0.1) is 0 Å². The molecule has 1 saturated heterocycles. The Morgan fingerprint density at radius 3 is 2.24 bits per heavy atom. The van der Waals surface area contributed by atoms with Crippen molar-refractivity contribution in [3.05, 3.63) is 97.0 Å². The number of aromatic nitrogens is 1. The van der Waals surface area contributed by atoms with Crippen LogP contribution in [0.3, 0.4) is 0 Å². The first-order chi connectivity index (χ1) is 22.1. The van der Waals surface area contributed by atoms with Crippen LogP contribution in [0, 0.1) is 16.0 Å². The highest BCUT2D eigenvalue weighted by molar-refractivity contribution is 8.00. The number of amides is 3. The monoisotopic (exact) mass is 662 g/mol. The number of anilines is 2. The average molecular weight is 663 g/mol. The number of benzene rings is 3. The molecule has 6 rings (SSSR count). The average Bonchev–Trinajstić information content (AvgIpc) is 3.50. The Kier molecular flexibility index (Phi) is 8.27. The third kappa shape index (κ3) is 5.37. The van der Waals surface area contributed by atoms with E-state index in [9.17, 15) is 29.3 Å². The molecule has 1 N–H and O–H groups in total. The van der Waals surface area contributed by atoms with Gasteiger partial charge in [-0.25, -0.2) is 4.90 Å². The number of nitro groups is 1. The molecule has 0 bridgehead atoms. The van der Waals surface area contributed by atoms with Gasteiger partial charge in [0.25, 0.3) is 5.69 Å². The Bertz CT molecular complexity index is 1920. The van der Waals surface area contributed by atoms with E-state index in [2.05, 4.69) is 5.32 Å². The molecular weight excluding hydrogens is 636 g/mol. The highest BCUT2D eigenvalue weighted by Crippen LogP contribution is 2.54. The highest BCUT2D eigenvalue weighted by atomic mass is 32.2. The number of carbonyl (C=O) groups is 3. The molecule has 3 aromatic carbocycles. The number of thioether (sulfide) groups is 1. The van der Waals surface area contributed by atoms with E-state index in [1.54, 1.807) is 42.5 Å². The fraction of sp³-hybridized carbons (Fsp3) is 0.226. The van der Waals surface area contributed by atoms with E-state index in [-0.39, 0.29) is 17.9 Å². The molecule has 236 valence electrons. The quantitative estimate of drug-likeness (QED) is 0.156. The number of hydrogen-bond donors (Lipinski definition) is 1. The smallest absolute Gasteiger partial charge is 0.308 e. The summed E-state index contributed by atoms with van der Waals surface area (Å²) in [4.78, 5) is 66.4. The third-order valence-electron chi connectivity index (χ3n) is 7.81. The molecule has 0 spiro atoms. The van der Waals surface area contributed by atoms with Gasteiger partial charge in [0.15, 0.2) is 11.5 Å². The Hall–Kier alpha value is -5.15. The van der Waals surface area contributed by atoms with Gasteiger partial charge in [-0.1, -0.05) is 29.2 Å². The van der Waals surface area contributed by atoms with Crippen molar-refractivity contribution in [2.45, 2.75) is 22.7 Å². The molecule has 2 aliphatic rings. The van der Waals surface area contributed by atoms with Crippen LogP contribution in [-0.4, -0.2) is 53.8 Å². The van der Waals surface area contributed by atoms with E-state index >= 15 is 0 Å². The van der Waals surface area contributed by atoms with Crippen LogP contribution < -0.4 is 29.3 Å². The predicted octanol–water partition coefficient (Wildman–Crippen LogP) is 4.28. The maximum Gasteiger partial charge on any atom is 0.308 e. The van der Waals surface area contributed by atoms with Gasteiger partial charge in [-0.3, -0.25) is 33.9 Å². The van der Waals surface area contributed by atoms with Crippen LogP contribution in [0.4, 0.5) is 17.1 Å². The zero-order valence-corrected chi connectivity index (χ0v) is 26.3. The lowest BCUT2D eigenvalue weighted by atomic mass is 9.83. The summed E-state index contributed by atoms with van der Waals surface area (Å²) in [6.07, 6.45) is 0. The number of hydrogen-bond acceptors (Lipinski definition) is 11. The SMILES string of the molecule is COc1ccc(NC(=O)Cn2c3c(sc2=O)C(c2ccc(OC)c(OC)c2)C2C(=O)N(c4ccc([N+](=O)[O-])cc4)C(=O)C2S3)cc1. The molecule has 0 radical (unpaired) electrons. The Labute approximate surface area is 269 Å². The number of thiazole rings is 1. The summed E-state index contributed by atoms with van der Waals surface area (Å²) in [5.74, 6) is -1.70. The zero-order valence-electron chi connectivity index (χ0n) is 24.6. The first-order valence-electron chi connectivity index (χ1n) is 13.8. The van der Waals surface area contributed by atoms with E-state index < -0.39 is 44.6 Å². The second-order valence-corrected chi connectivity index (χ2v) is 12.5. The molecule has 3 amide bonds. The zero-order chi connectivity index (χ0) is 32.7. The molecule has 3 heterocycles. The lowest BCUT2D eigenvalue weighted by molar-refractivity contribution is -0.384. The Morgan fingerprint density at radius 2 is 1.61 bits per heavy atom. The van der Waals surface area contributed by atoms with E-state index in [4.69, 9.17) is 14.2 Å². The normalized spacial score (nSPS) is 18.5. The van der Waals surface area contributed by atoms with Crippen molar-refractivity contribution in [1.29, 1.82) is 0 Å². The summed E-state index contributed by atoms with van der Waals surface area (Å²) < 4.78 is 17.4. The second kappa shape index (κ2) is 12.3. The van der Waals surface area contributed by atoms with Gasteiger partial charge < -0.3 is 19.5 Å². The molecule has 1 aromatic heterocycles. The Balaban J connectivity index is 1.41. The van der Waals surface area contributed by atoms with E-state index in [0.29, 0.717) is 38.4 Å². The van der Waals surface area contributed by atoms with Crippen molar-refractivity contribution < 1.29 is 33.5 Å². The minimum atomic E-state index is -0.946. The maximum atomic E-state index is 14.1. The van der Waals surface area contributed by atoms with E-state index in [1.165, 1.54) is 50.2 Å². The first-order valence-corrected chi connectivity index (χ1v) is 15.5. The fourth-order valence-electron chi connectivity index (χ4n) is 5.66.